The van der Waals surface area contributed by atoms with E-state index in [2.05, 4.69) is 45.0 Å². The fourth-order valence-electron chi connectivity index (χ4n) is 2.46. The highest BCUT2D eigenvalue weighted by molar-refractivity contribution is 5.31. The molecule has 2 aromatic carbocycles. The van der Waals surface area contributed by atoms with Gasteiger partial charge < -0.3 is 5.73 Å². The molecule has 2 rings (SSSR count). The largest absolute Gasteiger partial charge is 0.324 e. The molecule has 1 unspecified atom stereocenters. The van der Waals surface area contributed by atoms with Crippen LogP contribution in [0.1, 0.15) is 49.1 Å². The maximum Gasteiger partial charge on any atom is 0.130 e. The first kappa shape index (κ1) is 15.7. The fourth-order valence-corrected chi connectivity index (χ4v) is 2.46. The van der Waals surface area contributed by atoms with Crippen LogP contribution in [0.15, 0.2) is 42.5 Å². The second kappa shape index (κ2) is 5.98. The zero-order valence-corrected chi connectivity index (χ0v) is 13.3. The van der Waals surface area contributed by atoms with Gasteiger partial charge in [-0.15, -0.1) is 0 Å². The fraction of sp³-hybridized carbons (Fsp3) is 0.368. The Morgan fingerprint density at radius 1 is 1.05 bits per heavy atom. The monoisotopic (exact) mass is 285 g/mol. The van der Waals surface area contributed by atoms with E-state index in [4.69, 9.17) is 5.73 Å². The van der Waals surface area contributed by atoms with Crippen molar-refractivity contribution in [3.05, 3.63) is 70.5 Å². The molecule has 2 heteroatoms. The molecular formula is C19H24FN. The number of rotatable bonds is 3. The topological polar surface area (TPSA) is 26.0 Å². The van der Waals surface area contributed by atoms with Crippen LogP contribution in [0, 0.1) is 12.7 Å². The second-order valence-electron chi connectivity index (χ2n) is 6.74. The van der Waals surface area contributed by atoms with Crippen LogP contribution in [-0.2, 0) is 11.8 Å². The van der Waals surface area contributed by atoms with Crippen LogP contribution in [0.5, 0.6) is 0 Å². The molecule has 0 aliphatic heterocycles. The summed E-state index contributed by atoms with van der Waals surface area (Å²) < 4.78 is 14.1. The Kier molecular flexibility index (Phi) is 4.48. The molecule has 0 saturated heterocycles. The molecule has 112 valence electrons. The van der Waals surface area contributed by atoms with E-state index < -0.39 is 0 Å². The number of aryl methyl sites for hydroxylation is 1. The lowest BCUT2D eigenvalue weighted by molar-refractivity contribution is 0.572. The lowest BCUT2D eigenvalue weighted by Crippen LogP contribution is -2.16. The average molecular weight is 285 g/mol. The summed E-state index contributed by atoms with van der Waals surface area (Å²) in [5.41, 5.74) is 9.99. The summed E-state index contributed by atoms with van der Waals surface area (Å²) in [7, 11) is 0. The SMILES string of the molecule is Cc1cccc(C(N)Cc2ccc(C(C)(C)C)cc2)c1F. The van der Waals surface area contributed by atoms with Gasteiger partial charge in [0.1, 0.15) is 5.82 Å². The molecule has 0 aliphatic carbocycles. The summed E-state index contributed by atoms with van der Waals surface area (Å²) in [4.78, 5) is 0. The minimum atomic E-state index is -0.314. The molecule has 0 bridgehead atoms. The molecule has 0 spiro atoms. The van der Waals surface area contributed by atoms with Crippen molar-refractivity contribution in [2.75, 3.05) is 0 Å². The minimum Gasteiger partial charge on any atom is -0.324 e. The first-order chi connectivity index (χ1) is 9.79. The summed E-state index contributed by atoms with van der Waals surface area (Å²) in [5.74, 6) is -0.184. The summed E-state index contributed by atoms with van der Waals surface area (Å²) in [6, 6.07) is 13.5. The lowest BCUT2D eigenvalue weighted by atomic mass is 9.86. The standard InChI is InChI=1S/C19H24FN/c1-13-6-5-7-16(18(13)20)17(21)12-14-8-10-15(11-9-14)19(2,3)4/h5-11,17H,12,21H2,1-4H3. The quantitative estimate of drug-likeness (QED) is 0.871. The average Bonchev–Trinajstić information content (AvgIpc) is 2.41. The minimum absolute atomic E-state index is 0.142. The Morgan fingerprint density at radius 3 is 2.24 bits per heavy atom. The van der Waals surface area contributed by atoms with E-state index in [1.165, 1.54) is 5.56 Å². The summed E-state index contributed by atoms with van der Waals surface area (Å²) in [6.07, 6.45) is 0.644. The van der Waals surface area contributed by atoms with Gasteiger partial charge in [-0.25, -0.2) is 4.39 Å². The number of halogens is 1. The van der Waals surface area contributed by atoms with Crippen LogP contribution in [0.3, 0.4) is 0 Å². The molecule has 0 saturated carbocycles. The van der Waals surface area contributed by atoms with Gasteiger partial charge in [0, 0.05) is 11.6 Å². The van der Waals surface area contributed by atoms with E-state index in [9.17, 15) is 4.39 Å². The smallest absolute Gasteiger partial charge is 0.130 e. The highest BCUT2D eigenvalue weighted by Gasteiger charge is 2.15. The van der Waals surface area contributed by atoms with Crippen LogP contribution >= 0.6 is 0 Å². The van der Waals surface area contributed by atoms with Gasteiger partial charge in [-0.05, 0) is 35.4 Å². The van der Waals surface area contributed by atoms with Gasteiger partial charge in [0.15, 0.2) is 0 Å². The maximum absolute atomic E-state index is 14.1. The molecule has 1 nitrogen and oxygen atoms in total. The Labute approximate surface area is 127 Å². The number of hydrogen-bond acceptors (Lipinski definition) is 1. The van der Waals surface area contributed by atoms with Crippen molar-refractivity contribution >= 4 is 0 Å². The Balaban J connectivity index is 2.16. The van der Waals surface area contributed by atoms with Crippen molar-refractivity contribution in [1.29, 1.82) is 0 Å². The molecule has 0 aromatic heterocycles. The molecule has 0 aliphatic rings. The predicted octanol–water partition coefficient (Wildman–Crippen LogP) is 4.67. The number of benzene rings is 2. The van der Waals surface area contributed by atoms with E-state index in [1.807, 2.05) is 6.07 Å². The molecular weight excluding hydrogens is 261 g/mol. The van der Waals surface area contributed by atoms with Gasteiger partial charge in [-0.2, -0.15) is 0 Å². The molecule has 0 amide bonds. The van der Waals surface area contributed by atoms with Crippen molar-refractivity contribution < 1.29 is 4.39 Å². The molecule has 0 radical (unpaired) electrons. The third-order valence-electron chi connectivity index (χ3n) is 3.90. The van der Waals surface area contributed by atoms with Crippen molar-refractivity contribution in [2.24, 2.45) is 5.73 Å². The second-order valence-corrected chi connectivity index (χ2v) is 6.74. The molecule has 0 heterocycles. The molecule has 21 heavy (non-hydrogen) atoms. The van der Waals surface area contributed by atoms with Crippen LogP contribution in [-0.4, -0.2) is 0 Å². The first-order valence-electron chi connectivity index (χ1n) is 7.39. The third kappa shape index (κ3) is 3.70. The van der Waals surface area contributed by atoms with Gasteiger partial charge in [0.25, 0.3) is 0 Å². The molecule has 0 fully saturated rings. The summed E-state index contributed by atoms with van der Waals surface area (Å²) >= 11 is 0. The van der Waals surface area contributed by atoms with E-state index in [-0.39, 0.29) is 17.3 Å². The Morgan fingerprint density at radius 2 is 1.67 bits per heavy atom. The van der Waals surface area contributed by atoms with Crippen LogP contribution in [0.25, 0.3) is 0 Å². The Bertz CT molecular complexity index is 608. The first-order valence-corrected chi connectivity index (χ1v) is 7.39. The maximum atomic E-state index is 14.1. The van der Waals surface area contributed by atoms with Crippen LogP contribution in [0.2, 0.25) is 0 Å². The number of hydrogen-bond donors (Lipinski definition) is 1. The van der Waals surface area contributed by atoms with Crippen LogP contribution in [0.4, 0.5) is 4.39 Å². The third-order valence-corrected chi connectivity index (χ3v) is 3.90. The van der Waals surface area contributed by atoms with Crippen molar-refractivity contribution in [3.8, 4) is 0 Å². The van der Waals surface area contributed by atoms with Gasteiger partial charge in [-0.3, -0.25) is 0 Å². The van der Waals surface area contributed by atoms with Gasteiger partial charge in [0.2, 0.25) is 0 Å². The highest BCUT2D eigenvalue weighted by Crippen LogP contribution is 2.25. The summed E-state index contributed by atoms with van der Waals surface area (Å²) in [5, 5.41) is 0. The van der Waals surface area contributed by atoms with Crippen LogP contribution < -0.4 is 5.73 Å². The normalized spacial score (nSPS) is 13.2. The predicted molar refractivity (Wildman–Crippen MR) is 86.9 cm³/mol. The van der Waals surface area contributed by atoms with Gasteiger partial charge in [0.05, 0.1) is 0 Å². The summed E-state index contributed by atoms with van der Waals surface area (Å²) in [6.45, 7) is 8.34. The van der Waals surface area contributed by atoms with E-state index >= 15 is 0 Å². The van der Waals surface area contributed by atoms with E-state index in [0.717, 1.165) is 5.56 Å². The van der Waals surface area contributed by atoms with Crippen molar-refractivity contribution in [2.45, 2.75) is 45.6 Å². The molecule has 1 atom stereocenters. The van der Waals surface area contributed by atoms with Crippen molar-refractivity contribution in [1.82, 2.24) is 0 Å². The van der Waals surface area contributed by atoms with Gasteiger partial charge in [-0.1, -0.05) is 63.2 Å². The zero-order valence-electron chi connectivity index (χ0n) is 13.3. The number of nitrogens with two attached hydrogens (primary N) is 1. The van der Waals surface area contributed by atoms with E-state index in [0.29, 0.717) is 17.5 Å². The van der Waals surface area contributed by atoms with Gasteiger partial charge >= 0.3 is 0 Å². The van der Waals surface area contributed by atoms with Crippen molar-refractivity contribution in [3.63, 3.8) is 0 Å². The van der Waals surface area contributed by atoms with E-state index in [1.54, 1.807) is 19.1 Å². The highest BCUT2D eigenvalue weighted by atomic mass is 19.1. The lowest BCUT2D eigenvalue weighted by Gasteiger charge is -2.20. The molecule has 2 N–H and O–H groups in total. The zero-order chi connectivity index (χ0) is 15.6. The Hall–Kier alpha value is -1.67. The molecule has 2 aromatic rings.